The summed E-state index contributed by atoms with van der Waals surface area (Å²) in [5.74, 6) is 0.347. The number of carbonyl (C=O) groups is 2. The number of carbonyl (C=O) groups excluding carboxylic acids is 2. The normalized spacial score (nSPS) is 14.5. The van der Waals surface area contributed by atoms with Crippen LogP contribution in [0.5, 0.6) is 5.75 Å². The van der Waals surface area contributed by atoms with Gasteiger partial charge in [0, 0.05) is 24.8 Å². The molecule has 1 aliphatic rings. The van der Waals surface area contributed by atoms with Crippen molar-refractivity contribution in [3.8, 4) is 5.75 Å². The molecule has 0 aliphatic heterocycles. The molecule has 0 radical (unpaired) electrons. The number of methoxy groups -OCH3 is 1. The maximum atomic E-state index is 12.7. The first-order valence-corrected chi connectivity index (χ1v) is 10.3. The van der Waals surface area contributed by atoms with Crippen LogP contribution in [0.2, 0.25) is 0 Å². The highest BCUT2D eigenvalue weighted by Crippen LogP contribution is 2.20. The minimum absolute atomic E-state index is 0.113. The van der Waals surface area contributed by atoms with Crippen molar-refractivity contribution in [2.75, 3.05) is 20.3 Å². The van der Waals surface area contributed by atoms with Gasteiger partial charge in [-0.15, -0.1) is 0 Å². The van der Waals surface area contributed by atoms with Crippen LogP contribution in [0.3, 0.4) is 0 Å². The van der Waals surface area contributed by atoms with Crippen molar-refractivity contribution in [2.45, 2.75) is 38.2 Å². The molecule has 0 spiro atoms. The van der Waals surface area contributed by atoms with Crippen LogP contribution >= 0.6 is 0 Å². The number of furan rings is 1. The fourth-order valence-electron chi connectivity index (χ4n) is 3.29. The lowest BCUT2D eigenvalue weighted by molar-refractivity contribution is -0.117. The third-order valence-electron chi connectivity index (χ3n) is 4.94. The summed E-state index contributed by atoms with van der Waals surface area (Å²) in [6.07, 6.45) is 8.80. The van der Waals surface area contributed by atoms with Crippen LogP contribution in [0.1, 0.15) is 48.2 Å². The zero-order valence-electron chi connectivity index (χ0n) is 17.2. The summed E-state index contributed by atoms with van der Waals surface area (Å²) in [4.78, 5) is 25.2. The molecule has 0 atom stereocenters. The maximum Gasteiger partial charge on any atom is 0.267 e. The Hall–Kier alpha value is -3.06. The Kier molecular flexibility index (Phi) is 8.09. The van der Waals surface area contributed by atoms with Crippen LogP contribution in [0, 0.1) is 0 Å². The van der Waals surface area contributed by atoms with E-state index < -0.39 is 5.91 Å². The third-order valence-corrected chi connectivity index (χ3v) is 4.94. The maximum absolute atomic E-state index is 12.7. The Morgan fingerprint density at radius 2 is 1.93 bits per heavy atom. The molecule has 0 unspecified atom stereocenters. The molecule has 3 rings (SSSR count). The van der Waals surface area contributed by atoms with Gasteiger partial charge in [0.15, 0.2) is 0 Å². The van der Waals surface area contributed by atoms with Crippen LogP contribution < -0.4 is 15.4 Å². The van der Waals surface area contributed by atoms with Crippen molar-refractivity contribution in [2.24, 2.45) is 0 Å². The number of nitrogens with one attached hydrogen (secondary N) is 2. The molecule has 1 heterocycles. The first-order chi connectivity index (χ1) is 14.7. The van der Waals surface area contributed by atoms with E-state index >= 15 is 0 Å². The van der Waals surface area contributed by atoms with E-state index in [-0.39, 0.29) is 11.6 Å². The van der Waals surface area contributed by atoms with E-state index in [0.29, 0.717) is 42.7 Å². The molecule has 2 N–H and O–H groups in total. The molecule has 160 valence electrons. The first kappa shape index (κ1) is 21.6. The quantitative estimate of drug-likeness (QED) is 0.460. The third kappa shape index (κ3) is 6.49. The summed E-state index contributed by atoms with van der Waals surface area (Å²) < 4.78 is 16.2. The Morgan fingerprint density at radius 3 is 2.60 bits per heavy atom. The molecule has 2 aromatic rings. The van der Waals surface area contributed by atoms with Gasteiger partial charge < -0.3 is 24.5 Å². The Bertz CT molecular complexity index is 837. The number of benzene rings is 1. The second-order valence-electron chi connectivity index (χ2n) is 7.14. The molecule has 1 fully saturated rings. The molecule has 7 heteroatoms. The minimum Gasteiger partial charge on any atom is -0.497 e. The predicted molar refractivity (Wildman–Crippen MR) is 113 cm³/mol. The van der Waals surface area contributed by atoms with E-state index in [0.717, 1.165) is 12.8 Å². The molecule has 2 amide bonds. The van der Waals surface area contributed by atoms with Crippen molar-refractivity contribution in [1.82, 2.24) is 10.6 Å². The average Bonchev–Trinajstić information content (AvgIpc) is 3.47. The number of rotatable bonds is 10. The van der Waals surface area contributed by atoms with Crippen molar-refractivity contribution in [3.63, 3.8) is 0 Å². The lowest BCUT2D eigenvalue weighted by Gasteiger charge is -2.13. The number of hydrogen-bond acceptors (Lipinski definition) is 5. The molecule has 1 aromatic heterocycles. The van der Waals surface area contributed by atoms with Crippen molar-refractivity contribution in [1.29, 1.82) is 0 Å². The van der Waals surface area contributed by atoms with Gasteiger partial charge in [-0.3, -0.25) is 9.59 Å². The molecule has 0 saturated heterocycles. The van der Waals surface area contributed by atoms with E-state index in [4.69, 9.17) is 13.9 Å². The van der Waals surface area contributed by atoms with E-state index in [1.165, 1.54) is 25.2 Å². The first-order valence-electron chi connectivity index (χ1n) is 10.3. The van der Waals surface area contributed by atoms with Gasteiger partial charge in [0.25, 0.3) is 11.8 Å². The van der Waals surface area contributed by atoms with Gasteiger partial charge in [0.05, 0.1) is 19.5 Å². The van der Waals surface area contributed by atoms with Crippen LogP contribution in [0.15, 0.2) is 52.8 Å². The topological polar surface area (TPSA) is 89.8 Å². The van der Waals surface area contributed by atoms with Gasteiger partial charge in [-0.1, -0.05) is 12.8 Å². The van der Waals surface area contributed by atoms with Gasteiger partial charge in [-0.25, -0.2) is 0 Å². The summed E-state index contributed by atoms with van der Waals surface area (Å²) in [6, 6.07) is 10.1. The summed E-state index contributed by atoms with van der Waals surface area (Å²) in [7, 11) is 1.56. The summed E-state index contributed by atoms with van der Waals surface area (Å²) in [6.45, 7) is 1.07. The lowest BCUT2D eigenvalue weighted by atomic mass is 10.2. The predicted octanol–water partition coefficient (Wildman–Crippen LogP) is 3.52. The van der Waals surface area contributed by atoms with Crippen molar-refractivity contribution < 1.29 is 23.5 Å². The van der Waals surface area contributed by atoms with Crippen LogP contribution in [0.4, 0.5) is 0 Å². The van der Waals surface area contributed by atoms with E-state index in [1.54, 1.807) is 43.5 Å². The van der Waals surface area contributed by atoms with Gasteiger partial charge in [-0.2, -0.15) is 0 Å². The average molecular weight is 412 g/mol. The molecular formula is C23H28N2O5. The highest BCUT2D eigenvalue weighted by molar-refractivity contribution is 6.05. The standard InChI is InChI=1S/C23H28N2O5/c1-28-18-11-9-17(10-12-18)22(26)25-21(16-20-8-4-14-30-20)23(27)24-13-5-15-29-19-6-2-3-7-19/h4,8-12,14,16,19H,2-3,5-7,13,15H2,1H3,(H,24,27)(H,25,26)/b21-16-. The van der Waals surface area contributed by atoms with E-state index in [2.05, 4.69) is 10.6 Å². The number of amides is 2. The van der Waals surface area contributed by atoms with Crippen molar-refractivity contribution in [3.05, 3.63) is 59.7 Å². The highest BCUT2D eigenvalue weighted by atomic mass is 16.5. The number of hydrogen-bond donors (Lipinski definition) is 2. The zero-order chi connectivity index (χ0) is 21.2. The second-order valence-corrected chi connectivity index (χ2v) is 7.14. The molecule has 30 heavy (non-hydrogen) atoms. The fraction of sp³-hybridized carbons (Fsp3) is 0.391. The molecule has 1 aliphatic carbocycles. The Balaban J connectivity index is 1.56. The molecule has 1 saturated carbocycles. The molecule has 1 aromatic carbocycles. The summed E-state index contributed by atoms with van der Waals surface area (Å²) in [5.41, 5.74) is 0.529. The van der Waals surface area contributed by atoms with Gasteiger partial charge >= 0.3 is 0 Å². The largest absolute Gasteiger partial charge is 0.497 e. The Labute approximate surface area is 176 Å². The minimum atomic E-state index is -0.393. The van der Waals surface area contributed by atoms with Crippen LogP contribution in [-0.4, -0.2) is 38.2 Å². The van der Waals surface area contributed by atoms with Crippen molar-refractivity contribution >= 4 is 17.9 Å². The summed E-state index contributed by atoms with van der Waals surface area (Å²) in [5, 5.41) is 5.50. The monoisotopic (exact) mass is 412 g/mol. The molecule has 0 bridgehead atoms. The second kappa shape index (κ2) is 11.2. The van der Waals surface area contributed by atoms with Crippen LogP contribution in [-0.2, 0) is 9.53 Å². The van der Waals surface area contributed by atoms with Gasteiger partial charge in [0.2, 0.25) is 0 Å². The van der Waals surface area contributed by atoms with Gasteiger partial charge in [-0.05, 0) is 55.7 Å². The van der Waals surface area contributed by atoms with Crippen LogP contribution in [0.25, 0.3) is 6.08 Å². The Morgan fingerprint density at radius 1 is 1.17 bits per heavy atom. The SMILES string of the molecule is COc1ccc(C(=O)N/C(=C\c2ccco2)C(=O)NCCCOC2CCCC2)cc1. The van der Waals surface area contributed by atoms with E-state index in [1.807, 2.05) is 0 Å². The highest BCUT2D eigenvalue weighted by Gasteiger charge is 2.16. The van der Waals surface area contributed by atoms with E-state index in [9.17, 15) is 9.59 Å². The molecule has 7 nitrogen and oxygen atoms in total. The molecular weight excluding hydrogens is 384 g/mol. The zero-order valence-corrected chi connectivity index (χ0v) is 17.2. The summed E-state index contributed by atoms with van der Waals surface area (Å²) >= 11 is 0. The smallest absolute Gasteiger partial charge is 0.267 e. The number of ether oxygens (including phenoxy) is 2. The van der Waals surface area contributed by atoms with Gasteiger partial charge in [0.1, 0.15) is 17.2 Å². The fourth-order valence-corrected chi connectivity index (χ4v) is 3.29. The lowest BCUT2D eigenvalue weighted by Crippen LogP contribution is -2.35.